The summed E-state index contributed by atoms with van der Waals surface area (Å²) in [6.45, 7) is 0.962. The van der Waals surface area contributed by atoms with E-state index in [2.05, 4.69) is 31.3 Å². The zero-order valence-corrected chi connectivity index (χ0v) is 19.5. The number of para-hydroxylation sites is 2. The molecule has 33 heavy (non-hydrogen) atoms. The van der Waals surface area contributed by atoms with Gasteiger partial charge in [0.15, 0.2) is 23.8 Å². The highest BCUT2D eigenvalue weighted by Crippen LogP contribution is 2.25. The van der Waals surface area contributed by atoms with E-state index in [4.69, 9.17) is 9.47 Å². The Balaban J connectivity index is 1.34. The van der Waals surface area contributed by atoms with E-state index in [9.17, 15) is 9.59 Å². The van der Waals surface area contributed by atoms with Crippen LogP contribution in [0.1, 0.15) is 5.56 Å². The minimum absolute atomic E-state index is 0.140. The van der Waals surface area contributed by atoms with Crippen molar-refractivity contribution in [1.29, 1.82) is 0 Å². The average Bonchev–Trinajstić information content (AvgIpc) is 3.25. The number of methoxy groups -OCH3 is 1. The highest BCUT2D eigenvalue weighted by atomic mass is 79.9. The summed E-state index contributed by atoms with van der Waals surface area (Å²) in [6, 6.07) is 14.9. The maximum absolute atomic E-state index is 12.8. The molecule has 0 unspecified atom stereocenters. The summed E-state index contributed by atoms with van der Waals surface area (Å²) in [5.41, 5.74) is 1.31. The summed E-state index contributed by atoms with van der Waals surface area (Å²) in [5, 5.41) is 7.47. The topological polar surface area (TPSA) is 100 Å². The van der Waals surface area contributed by atoms with Crippen LogP contribution in [0.3, 0.4) is 0 Å². The minimum atomic E-state index is -0.276. The molecule has 2 aromatic heterocycles. The number of hydrogen-bond donors (Lipinski definition) is 1. The van der Waals surface area contributed by atoms with Gasteiger partial charge in [-0.1, -0.05) is 40.2 Å². The third kappa shape index (κ3) is 5.40. The Morgan fingerprint density at radius 2 is 1.88 bits per heavy atom. The number of hydrogen-bond acceptors (Lipinski definition) is 6. The number of nitrogens with one attached hydrogen (secondary N) is 1. The zero-order valence-electron chi connectivity index (χ0n) is 17.9. The van der Waals surface area contributed by atoms with Gasteiger partial charge in [0.1, 0.15) is 11.7 Å². The molecule has 0 aliphatic heterocycles. The van der Waals surface area contributed by atoms with Crippen LogP contribution in [0.4, 0.5) is 0 Å². The van der Waals surface area contributed by atoms with Crippen molar-refractivity contribution in [3.8, 4) is 11.5 Å². The van der Waals surface area contributed by atoms with Gasteiger partial charge in [-0.25, -0.2) is 9.67 Å². The summed E-state index contributed by atoms with van der Waals surface area (Å²) in [4.78, 5) is 29.4. The number of nitrogens with zero attached hydrogens (tertiary/aromatic N) is 4. The third-order valence-electron chi connectivity index (χ3n) is 4.96. The molecule has 9 nitrogen and oxygen atoms in total. The molecule has 0 aliphatic carbocycles. The van der Waals surface area contributed by atoms with Gasteiger partial charge in [-0.3, -0.25) is 14.2 Å². The SMILES string of the molecule is COc1ccccc1OCC(=O)NCCn1ncc2c(=O)n(Cc3ccc(Br)cc3)cnc21. The summed E-state index contributed by atoms with van der Waals surface area (Å²) in [7, 11) is 1.54. The van der Waals surface area contributed by atoms with Crippen LogP contribution < -0.4 is 20.3 Å². The normalized spacial score (nSPS) is 10.8. The van der Waals surface area contributed by atoms with E-state index in [-0.39, 0.29) is 18.1 Å². The Bertz CT molecular complexity index is 1320. The predicted molar refractivity (Wildman–Crippen MR) is 127 cm³/mol. The fourth-order valence-corrected chi connectivity index (χ4v) is 3.56. The largest absolute Gasteiger partial charge is 0.493 e. The van der Waals surface area contributed by atoms with Crippen molar-refractivity contribution in [2.24, 2.45) is 0 Å². The lowest BCUT2D eigenvalue weighted by molar-refractivity contribution is -0.123. The molecular formula is C23H22BrN5O4. The molecule has 0 spiro atoms. The summed E-state index contributed by atoms with van der Waals surface area (Å²) in [6.07, 6.45) is 3.03. The van der Waals surface area contributed by atoms with Crippen molar-refractivity contribution in [2.75, 3.05) is 20.3 Å². The number of halogens is 1. The van der Waals surface area contributed by atoms with Crippen LogP contribution in [0, 0.1) is 0 Å². The van der Waals surface area contributed by atoms with E-state index in [1.54, 1.807) is 34.6 Å². The first kappa shape index (κ1) is 22.5. The smallest absolute Gasteiger partial charge is 0.264 e. The number of carbonyl (C=O) groups excluding carboxylic acids is 1. The van der Waals surface area contributed by atoms with Crippen molar-refractivity contribution >= 4 is 32.9 Å². The van der Waals surface area contributed by atoms with Gasteiger partial charge >= 0.3 is 0 Å². The maximum Gasteiger partial charge on any atom is 0.264 e. The molecule has 0 saturated carbocycles. The molecule has 170 valence electrons. The highest BCUT2D eigenvalue weighted by molar-refractivity contribution is 9.10. The Kier molecular flexibility index (Phi) is 7.04. The number of benzene rings is 2. The van der Waals surface area contributed by atoms with Crippen LogP contribution in [0.15, 0.2) is 70.3 Å². The van der Waals surface area contributed by atoms with Crippen molar-refractivity contribution in [1.82, 2.24) is 24.6 Å². The molecule has 1 amide bonds. The Morgan fingerprint density at radius 1 is 1.12 bits per heavy atom. The summed E-state index contributed by atoms with van der Waals surface area (Å²) < 4.78 is 14.8. The van der Waals surface area contributed by atoms with Crippen molar-refractivity contribution in [3.63, 3.8) is 0 Å². The van der Waals surface area contributed by atoms with E-state index in [1.807, 2.05) is 30.3 Å². The second kappa shape index (κ2) is 10.3. The number of fused-ring (bicyclic) bond motifs is 1. The third-order valence-corrected chi connectivity index (χ3v) is 5.49. The highest BCUT2D eigenvalue weighted by Gasteiger charge is 2.11. The van der Waals surface area contributed by atoms with E-state index >= 15 is 0 Å². The number of carbonyl (C=O) groups is 1. The molecule has 0 aliphatic rings. The number of ether oxygens (including phenoxy) is 2. The van der Waals surface area contributed by atoms with Crippen molar-refractivity contribution < 1.29 is 14.3 Å². The Morgan fingerprint density at radius 3 is 2.64 bits per heavy atom. The number of aromatic nitrogens is 4. The molecule has 2 aromatic carbocycles. The predicted octanol–water partition coefficient (Wildman–Crippen LogP) is 2.61. The molecule has 4 rings (SSSR count). The van der Waals surface area contributed by atoms with Gasteiger partial charge in [0.25, 0.3) is 11.5 Å². The lowest BCUT2D eigenvalue weighted by Crippen LogP contribution is -2.32. The number of rotatable bonds is 9. The standard InChI is InChI=1S/C23H22BrN5O4/c1-32-19-4-2-3-5-20(19)33-14-21(30)25-10-11-29-22-18(12-27-29)23(31)28(15-26-22)13-16-6-8-17(24)9-7-16/h2-9,12,15H,10-11,13-14H2,1H3,(H,25,30). The van der Waals surface area contributed by atoms with Crippen LogP contribution in [0.5, 0.6) is 11.5 Å². The minimum Gasteiger partial charge on any atom is -0.493 e. The van der Waals surface area contributed by atoms with E-state index in [0.717, 1.165) is 10.0 Å². The average molecular weight is 512 g/mol. The molecular weight excluding hydrogens is 490 g/mol. The van der Waals surface area contributed by atoms with Gasteiger partial charge in [-0.2, -0.15) is 5.10 Å². The fourth-order valence-electron chi connectivity index (χ4n) is 3.29. The Labute approximate surface area is 198 Å². The van der Waals surface area contributed by atoms with Gasteiger partial charge in [0, 0.05) is 11.0 Å². The lowest BCUT2D eigenvalue weighted by Gasteiger charge is -2.10. The van der Waals surface area contributed by atoms with Crippen LogP contribution in [0.25, 0.3) is 11.0 Å². The fraction of sp³-hybridized carbons (Fsp3) is 0.217. The molecule has 4 aromatic rings. The first-order valence-corrected chi connectivity index (χ1v) is 11.0. The van der Waals surface area contributed by atoms with Crippen molar-refractivity contribution in [2.45, 2.75) is 13.1 Å². The van der Waals surface area contributed by atoms with Gasteiger partial charge in [0.2, 0.25) is 0 Å². The lowest BCUT2D eigenvalue weighted by atomic mass is 10.2. The van der Waals surface area contributed by atoms with Crippen LogP contribution in [-0.2, 0) is 17.9 Å². The monoisotopic (exact) mass is 511 g/mol. The van der Waals surface area contributed by atoms with E-state index in [0.29, 0.717) is 42.2 Å². The molecule has 0 radical (unpaired) electrons. The van der Waals surface area contributed by atoms with Gasteiger partial charge in [0.05, 0.1) is 26.4 Å². The second-order valence-corrected chi connectivity index (χ2v) is 8.11. The van der Waals surface area contributed by atoms with Gasteiger partial charge in [-0.05, 0) is 29.8 Å². The van der Waals surface area contributed by atoms with Gasteiger partial charge < -0.3 is 14.8 Å². The second-order valence-electron chi connectivity index (χ2n) is 7.20. The van der Waals surface area contributed by atoms with E-state index in [1.165, 1.54) is 12.5 Å². The quantitative estimate of drug-likeness (QED) is 0.370. The van der Waals surface area contributed by atoms with Gasteiger partial charge in [-0.15, -0.1) is 0 Å². The molecule has 2 heterocycles. The molecule has 0 atom stereocenters. The van der Waals surface area contributed by atoms with Crippen LogP contribution in [-0.4, -0.2) is 45.5 Å². The van der Waals surface area contributed by atoms with Crippen molar-refractivity contribution in [3.05, 3.63) is 81.4 Å². The first-order chi connectivity index (χ1) is 16.0. The van der Waals surface area contributed by atoms with Crippen LogP contribution >= 0.6 is 15.9 Å². The first-order valence-electron chi connectivity index (χ1n) is 10.2. The van der Waals surface area contributed by atoms with E-state index < -0.39 is 0 Å². The number of amides is 1. The Hall–Kier alpha value is -3.66. The maximum atomic E-state index is 12.8. The summed E-state index contributed by atoms with van der Waals surface area (Å²) >= 11 is 3.41. The molecule has 10 heteroatoms. The summed E-state index contributed by atoms with van der Waals surface area (Å²) in [5.74, 6) is 0.782. The molecule has 1 N–H and O–H groups in total. The molecule has 0 bridgehead atoms. The molecule has 0 saturated heterocycles. The molecule has 0 fully saturated rings. The van der Waals surface area contributed by atoms with Crippen LogP contribution in [0.2, 0.25) is 0 Å². The zero-order chi connectivity index (χ0) is 23.2.